The molecule has 1 aromatic carbocycles. The van der Waals surface area contributed by atoms with Gasteiger partial charge in [-0.1, -0.05) is 15.9 Å². The third-order valence-electron chi connectivity index (χ3n) is 2.20. The number of anilines is 1. The quantitative estimate of drug-likeness (QED) is 0.373. The third-order valence-corrected chi connectivity index (χ3v) is 2.72. The minimum Gasteiger partial charge on any atom is -0.394 e. The number of aliphatic hydroxyl groups is 4. The van der Waals surface area contributed by atoms with E-state index in [0.29, 0.717) is 5.69 Å². The van der Waals surface area contributed by atoms with Crippen LogP contribution in [0.3, 0.4) is 0 Å². The van der Waals surface area contributed by atoms with Gasteiger partial charge in [0.25, 0.3) is 0 Å². The van der Waals surface area contributed by atoms with Gasteiger partial charge in [-0.15, -0.1) is 0 Å². The van der Waals surface area contributed by atoms with Gasteiger partial charge in [-0.3, -0.25) is 5.43 Å². The fraction of sp³-hybridized carbons (Fsp3) is 0.364. The fourth-order valence-corrected chi connectivity index (χ4v) is 1.40. The molecule has 0 saturated carbocycles. The number of hydrogen-bond donors (Lipinski definition) is 5. The lowest BCUT2D eigenvalue weighted by Crippen LogP contribution is -2.40. The Labute approximate surface area is 113 Å². The molecule has 1 rings (SSSR count). The standard InChI is InChI=1S/C11H15BrN2O4/c12-7-1-3-8(4-2-7)14-13-5-9(16)11(18)10(17)6-15/h1-5,9-11,14-18H,6H2/b13-5+. The highest BCUT2D eigenvalue weighted by Crippen LogP contribution is 2.13. The van der Waals surface area contributed by atoms with Crippen LogP contribution in [-0.2, 0) is 0 Å². The second-order valence-electron chi connectivity index (χ2n) is 3.63. The maximum Gasteiger partial charge on any atom is 0.119 e. The Kier molecular flexibility index (Phi) is 6.23. The number of rotatable bonds is 6. The summed E-state index contributed by atoms with van der Waals surface area (Å²) >= 11 is 3.29. The molecule has 0 radical (unpaired) electrons. The van der Waals surface area contributed by atoms with Gasteiger partial charge < -0.3 is 20.4 Å². The van der Waals surface area contributed by atoms with Gasteiger partial charge in [-0.05, 0) is 24.3 Å². The first-order valence-electron chi connectivity index (χ1n) is 5.24. The summed E-state index contributed by atoms with van der Waals surface area (Å²) in [5.41, 5.74) is 3.36. The molecule has 6 nitrogen and oxygen atoms in total. The Balaban J connectivity index is 2.47. The summed E-state index contributed by atoms with van der Waals surface area (Å²) in [5, 5.41) is 40.2. The van der Waals surface area contributed by atoms with Crippen LogP contribution in [0.25, 0.3) is 0 Å². The second kappa shape index (κ2) is 7.45. The molecule has 0 saturated heterocycles. The Morgan fingerprint density at radius 1 is 1.22 bits per heavy atom. The van der Waals surface area contributed by atoms with Crippen LogP contribution in [0.2, 0.25) is 0 Å². The zero-order chi connectivity index (χ0) is 13.5. The Bertz CT molecular complexity index is 385. The number of nitrogens with one attached hydrogen (secondary N) is 1. The Hall–Kier alpha value is -0.990. The van der Waals surface area contributed by atoms with Gasteiger partial charge in [0.15, 0.2) is 0 Å². The highest BCUT2D eigenvalue weighted by atomic mass is 79.9. The lowest BCUT2D eigenvalue weighted by atomic mass is 10.1. The maximum absolute atomic E-state index is 9.42. The molecule has 0 fully saturated rings. The summed E-state index contributed by atoms with van der Waals surface area (Å²) in [6, 6.07) is 7.18. The van der Waals surface area contributed by atoms with Gasteiger partial charge in [-0.25, -0.2) is 0 Å². The van der Waals surface area contributed by atoms with Crippen LogP contribution in [-0.4, -0.2) is 51.6 Å². The van der Waals surface area contributed by atoms with Gasteiger partial charge in [0, 0.05) is 4.47 Å². The molecule has 7 heteroatoms. The third kappa shape index (κ3) is 4.71. The van der Waals surface area contributed by atoms with Crippen LogP contribution in [0, 0.1) is 0 Å². The molecule has 0 heterocycles. The highest BCUT2D eigenvalue weighted by molar-refractivity contribution is 9.10. The maximum atomic E-state index is 9.42. The van der Waals surface area contributed by atoms with Crippen LogP contribution in [0.4, 0.5) is 5.69 Å². The molecule has 0 aromatic heterocycles. The molecule has 0 aliphatic heterocycles. The first-order valence-corrected chi connectivity index (χ1v) is 6.03. The first-order chi connectivity index (χ1) is 8.54. The molecule has 3 unspecified atom stereocenters. The Morgan fingerprint density at radius 2 is 1.83 bits per heavy atom. The fourth-order valence-electron chi connectivity index (χ4n) is 1.14. The number of hydrazone groups is 1. The van der Waals surface area contributed by atoms with E-state index in [9.17, 15) is 10.2 Å². The summed E-state index contributed by atoms with van der Waals surface area (Å²) in [6.07, 6.45) is -3.20. The smallest absolute Gasteiger partial charge is 0.119 e. The van der Waals surface area contributed by atoms with E-state index in [4.69, 9.17) is 10.2 Å². The van der Waals surface area contributed by atoms with Crippen molar-refractivity contribution in [3.63, 3.8) is 0 Å². The van der Waals surface area contributed by atoms with Crippen LogP contribution in [0.15, 0.2) is 33.8 Å². The normalized spacial score (nSPS) is 16.5. The van der Waals surface area contributed by atoms with Crippen molar-refractivity contribution in [1.82, 2.24) is 0 Å². The lowest BCUT2D eigenvalue weighted by Gasteiger charge is -2.18. The average Bonchev–Trinajstić information content (AvgIpc) is 2.39. The molecular formula is C11H15BrN2O4. The van der Waals surface area contributed by atoms with Crippen molar-refractivity contribution in [3.05, 3.63) is 28.7 Å². The minimum atomic E-state index is -1.48. The molecule has 100 valence electrons. The lowest BCUT2D eigenvalue weighted by molar-refractivity contribution is -0.0541. The van der Waals surface area contributed by atoms with Crippen molar-refractivity contribution < 1.29 is 20.4 Å². The SMILES string of the molecule is OCC(O)C(O)C(O)/C=N/Nc1ccc(Br)cc1. The molecule has 0 aliphatic rings. The number of halogens is 1. The van der Waals surface area contributed by atoms with Crippen molar-refractivity contribution >= 4 is 27.8 Å². The van der Waals surface area contributed by atoms with Crippen LogP contribution >= 0.6 is 15.9 Å². The predicted molar refractivity (Wildman–Crippen MR) is 71.4 cm³/mol. The average molecular weight is 319 g/mol. The van der Waals surface area contributed by atoms with E-state index in [-0.39, 0.29) is 0 Å². The van der Waals surface area contributed by atoms with Crippen molar-refractivity contribution in [2.24, 2.45) is 5.10 Å². The van der Waals surface area contributed by atoms with Crippen LogP contribution in [0.1, 0.15) is 0 Å². The zero-order valence-corrected chi connectivity index (χ0v) is 11.0. The monoisotopic (exact) mass is 318 g/mol. The summed E-state index contributed by atoms with van der Waals surface area (Å²) in [7, 11) is 0. The summed E-state index contributed by atoms with van der Waals surface area (Å²) in [4.78, 5) is 0. The van der Waals surface area contributed by atoms with E-state index in [0.717, 1.165) is 10.7 Å². The molecular weight excluding hydrogens is 304 g/mol. The number of nitrogens with zero attached hydrogens (tertiary/aromatic N) is 1. The minimum absolute atomic E-state index is 0.633. The van der Waals surface area contributed by atoms with E-state index in [2.05, 4.69) is 26.5 Å². The van der Waals surface area contributed by atoms with E-state index in [1.807, 2.05) is 12.1 Å². The van der Waals surface area contributed by atoms with E-state index in [1.165, 1.54) is 0 Å². The molecule has 5 N–H and O–H groups in total. The van der Waals surface area contributed by atoms with Crippen molar-refractivity contribution in [2.45, 2.75) is 18.3 Å². The molecule has 0 spiro atoms. The van der Waals surface area contributed by atoms with Gasteiger partial charge in [-0.2, -0.15) is 5.10 Å². The summed E-state index contributed by atoms with van der Waals surface area (Å²) in [5.74, 6) is 0. The van der Waals surface area contributed by atoms with Crippen LogP contribution < -0.4 is 5.43 Å². The largest absolute Gasteiger partial charge is 0.394 e. The van der Waals surface area contributed by atoms with Crippen molar-refractivity contribution in [1.29, 1.82) is 0 Å². The van der Waals surface area contributed by atoms with E-state index in [1.54, 1.807) is 12.1 Å². The molecule has 3 atom stereocenters. The molecule has 18 heavy (non-hydrogen) atoms. The van der Waals surface area contributed by atoms with Gasteiger partial charge in [0.1, 0.15) is 18.3 Å². The first kappa shape index (κ1) is 15.1. The Morgan fingerprint density at radius 3 is 2.39 bits per heavy atom. The number of hydrogen-bond acceptors (Lipinski definition) is 6. The van der Waals surface area contributed by atoms with Crippen LogP contribution in [0.5, 0.6) is 0 Å². The summed E-state index contributed by atoms with van der Waals surface area (Å²) in [6.45, 7) is -0.633. The van der Waals surface area contributed by atoms with Gasteiger partial charge in [0.05, 0.1) is 18.5 Å². The summed E-state index contributed by atoms with van der Waals surface area (Å²) < 4.78 is 0.929. The molecule has 0 bridgehead atoms. The number of benzene rings is 1. The second-order valence-corrected chi connectivity index (χ2v) is 4.54. The number of aliphatic hydroxyl groups excluding tert-OH is 4. The predicted octanol–water partition coefficient (Wildman–Crippen LogP) is -0.0782. The highest BCUT2D eigenvalue weighted by Gasteiger charge is 2.22. The van der Waals surface area contributed by atoms with Gasteiger partial charge in [0.2, 0.25) is 0 Å². The molecule has 0 amide bonds. The molecule has 1 aromatic rings. The molecule has 0 aliphatic carbocycles. The van der Waals surface area contributed by atoms with E-state index >= 15 is 0 Å². The van der Waals surface area contributed by atoms with Crippen molar-refractivity contribution in [2.75, 3.05) is 12.0 Å². The van der Waals surface area contributed by atoms with Gasteiger partial charge >= 0.3 is 0 Å². The zero-order valence-electron chi connectivity index (χ0n) is 9.44. The van der Waals surface area contributed by atoms with Crippen molar-refractivity contribution in [3.8, 4) is 0 Å². The topological polar surface area (TPSA) is 105 Å². The van der Waals surface area contributed by atoms with E-state index < -0.39 is 24.9 Å².